The molecule has 0 bridgehead atoms. The molecule has 0 spiro atoms. The van der Waals surface area contributed by atoms with Gasteiger partial charge in [0.15, 0.2) is 0 Å². The Kier molecular flexibility index (Phi) is 3.33. The number of esters is 1. The normalized spacial score (nSPS) is 11.6. The van der Waals surface area contributed by atoms with E-state index in [4.69, 9.17) is 0 Å². The molecule has 6 heteroatoms. The summed E-state index contributed by atoms with van der Waals surface area (Å²) >= 11 is 0. The van der Waals surface area contributed by atoms with E-state index in [1.807, 2.05) is 25.1 Å². The zero-order valence-corrected chi connectivity index (χ0v) is 10.5. The molecule has 1 aromatic heterocycles. The molecule has 0 radical (unpaired) electrons. The summed E-state index contributed by atoms with van der Waals surface area (Å²) in [6.07, 6.45) is 2.83. The van der Waals surface area contributed by atoms with E-state index >= 15 is 0 Å². The monoisotopic (exact) mass is 260 g/mol. The molecule has 0 aliphatic carbocycles. The van der Waals surface area contributed by atoms with E-state index in [0.717, 1.165) is 23.6 Å². The van der Waals surface area contributed by atoms with Gasteiger partial charge in [-0.2, -0.15) is 0 Å². The zero-order chi connectivity index (χ0) is 14.0. The van der Waals surface area contributed by atoms with Crippen molar-refractivity contribution in [1.29, 1.82) is 0 Å². The number of aromatic nitrogens is 1. The van der Waals surface area contributed by atoms with Gasteiger partial charge in [0, 0.05) is 28.7 Å². The van der Waals surface area contributed by atoms with Crippen LogP contribution >= 0.6 is 0 Å². The SMILES string of the molecule is COC(=O)/C(=C/c1c[nH]c2cc(C)ccc12)[N+](=O)[O-]. The number of aromatic amines is 1. The Labute approximate surface area is 108 Å². The molecule has 98 valence electrons. The molecule has 0 aliphatic rings. The Bertz CT molecular complexity index is 685. The van der Waals surface area contributed by atoms with E-state index in [1.165, 1.54) is 6.08 Å². The van der Waals surface area contributed by atoms with Crippen molar-refractivity contribution in [2.24, 2.45) is 0 Å². The largest absolute Gasteiger partial charge is 0.461 e. The molecule has 19 heavy (non-hydrogen) atoms. The van der Waals surface area contributed by atoms with Gasteiger partial charge in [0.05, 0.1) is 12.0 Å². The van der Waals surface area contributed by atoms with Crippen LogP contribution in [0.25, 0.3) is 17.0 Å². The second-order valence-corrected chi connectivity index (χ2v) is 4.07. The van der Waals surface area contributed by atoms with Crippen LogP contribution in [0.4, 0.5) is 0 Å². The van der Waals surface area contributed by atoms with Crippen LogP contribution < -0.4 is 0 Å². The Morgan fingerprint density at radius 3 is 2.84 bits per heavy atom. The number of methoxy groups -OCH3 is 1. The molecule has 0 atom stereocenters. The standard InChI is InChI=1S/C13H12N2O4/c1-8-3-4-10-9(7-14-11(10)5-8)6-12(15(17)18)13(16)19-2/h3-7,14H,1-2H3/b12-6-. The van der Waals surface area contributed by atoms with Crippen LogP contribution in [0, 0.1) is 17.0 Å². The zero-order valence-electron chi connectivity index (χ0n) is 10.5. The summed E-state index contributed by atoms with van der Waals surface area (Å²) in [5.41, 5.74) is 1.92. The van der Waals surface area contributed by atoms with E-state index in [1.54, 1.807) is 6.20 Å². The van der Waals surface area contributed by atoms with Crippen molar-refractivity contribution >= 4 is 22.9 Å². The third kappa shape index (κ3) is 2.47. The van der Waals surface area contributed by atoms with E-state index in [-0.39, 0.29) is 0 Å². The van der Waals surface area contributed by atoms with Crippen molar-refractivity contribution in [2.45, 2.75) is 6.92 Å². The number of rotatable bonds is 3. The van der Waals surface area contributed by atoms with Crippen LogP contribution in [0.3, 0.4) is 0 Å². The van der Waals surface area contributed by atoms with Crippen LogP contribution in [0.15, 0.2) is 30.1 Å². The van der Waals surface area contributed by atoms with Crippen LogP contribution in [0.1, 0.15) is 11.1 Å². The molecule has 6 nitrogen and oxygen atoms in total. The molecule has 2 rings (SSSR count). The average Bonchev–Trinajstić information content (AvgIpc) is 2.76. The first-order valence-corrected chi connectivity index (χ1v) is 5.55. The molecule has 0 aliphatic heterocycles. The second kappa shape index (κ2) is 4.93. The van der Waals surface area contributed by atoms with E-state index in [2.05, 4.69) is 9.72 Å². The van der Waals surface area contributed by atoms with Crippen LogP contribution in [-0.4, -0.2) is 23.0 Å². The summed E-state index contributed by atoms with van der Waals surface area (Å²) in [6.45, 7) is 1.95. The van der Waals surface area contributed by atoms with Crippen molar-refractivity contribution < 1.29 is 14.5 Å². The number of ether oxygens (including phenoxy) is 1. The van der Waals surface area contributed by atoms with Gasteiger partial charge in [0.1, 0.15) is 0 Å². The van der Waals surface area contributed by atoms with Crippen molar-refractivity contribution in [3.8, 4) is 0 Å². The number of carbonyl (C=O) groups excluding carboxylic acids is 1. The average molecular weight is 260 g/mol. The molecule has 1 N–H and O–H groups in total. The van der Waals surface area contributed by atoms with Gasteiger partial charge in [-0.3, -0.25) is 10.1 Å². The van der Waals surface area contributed by atoms with Crippen molar-refractivity contribution in [3.63, 3.8) is 0 Å². The van der Waals surface area contributed by atoms with Crippen LogP contribution in [0.5, 0.6) is 0 Å². The first-order chi connectivity index (χ1) is 9.02. The number of hydrogen-bond donors (Lipinski definition) is 1. The van der Waals surface area contributed by atoms with Crippen molar-refractivity contribution in [2.75, 3.05) is 7.11 Å². The number of benzene rings is 1. The Morgan fingerprint density at radius 2 is 2.21 bits per heavy atom. The van der Waals surface area contributed by atoms with Crippen molar-refractivity contribution in [3.05, 3.63) is 51.3 Å². The van der Waals surface area contributed by atoms with Gasteiger partial charge < -0.3 is 9.72 Å². The van der Waals surface area contributed by atoms with Gasteiger partial charge >= 0.3 is 11.7 Å². The summed E-state index contributed by atoms with van der Waals surface area (Å²) in [4.78, 5) is 24.4. The Hall–Kier alpha value is -2.63. The molecular weight excluding hydrogens is 248 g/mol. The van der Waals surface area contributed by atoms with Crippen LogP contribution in [0.2, 0.25) is 0 Å². The van der Waals surface area contributed by atoms with Gasteiger partial charge in [-0.05, 0) is 18.6 Å². The molecule has 0 saturated heterocycles. The van der Waals surface area contributed by atoms with Crippen LogP contribution in [-0.2, 0) is 9.53 Å². The second-order valence-electron chi connectivity index (χ2n) is 4.07. The maximum Gasteiger partial charge on any atom is 0.409 e. The molecule has 1 aromatic carbocycles. The van der Waals surface area contributed by atoms with Crippen molar-refractivity contribution in [1.82, 2.24) is 4.98 Å². The summed E-state index contributed by atoms with van der Waals surface area (Å²) < 4.78 is 4.39. The Morgan fingerprint density at radius 1 is 1.47 bits per heavy atom. The van der Waals surface area contributed by atoms with Gasteiger partial charge in [0.25, 0.3) is 0 Å². The highest BCUT2D eigenvalue weighted by atomic mass is 16.6. The number of carbonyl (C=O) groups is 1. The number of nitrogens with one attached hydrogen (secondary N) is 1. The fraction of sp³-hybridized carbons (Fsp3) is 0.154. The summed E-state index contributed by atoms with van der Waals surface area (Å²) in [5, 5.41) is 11.7. The highest BCUT2D eigenvalue weighted by molar-refractivity contribution is 5.96. The minimum absolute atomic E-state index is 0.576. The van der Waals surface area contributed by atoms with E-state index < -0.39 is 16.6 Å². The molecule has 1 heterocycles. The molecule has 0 saturated carbocycles. The fourth-order valence-electron chi connectivity index (χ4n) is 1.82. The van der Waals surface area contributed by atoms with E-state index in [0.29, 0.717) is 5.56 Å². The number of hydrogen-bond acceptors (Lipinski definition) is 4. The predicted octanol–water partition coefficient (Wildman–Crippen LogP) is 2.27. The lowest BCUT2D eigenvalue weighted by molar-refractivity contribution is -0.419. The quantitative estimate of drug-likeness (QED) is 0.397. The van der Waals surface area contributed by atoms with Gasteiger partial charge in [-0.1, -0.05) is 12.1 Å². The summed E-state index contributed by atoms with van der Waals surface area (Å²) in [5.74, 6) is -0.966. The van der Waals surface area contributed by atoms with E-state index in [9.17, 15) is 14.9 Å². The summed E-state index contributed by atoms with van der Waals surface area (Å²) in [6, 6.07) is 5.68. The molecule has 0 unspecified atom stereocenters. The number of nitrogens with zero attached hydrogens (tertiary/aromatic N) is 1. The summed E-state index contributed by atoms with van der Waals surface area (Å²) in [7, 11) is 1.11. The third-order valence-electron chi connectivity index (χ3n) is 2.75. The maximum atomic E-state index is 11.3. The van der Waals surface area contributed by atoms with Gasteiger partial charge in [0.2, 0.25) is 0 Å². The number of H-pyrrole nitrogens is 1. The number of fused-ring (bicyclic) bond motifs is 1. The smallest absolute Gasteiger partial charge is 0.409 e. The van der Waals surface area contributed by atoms with Gasteiger partial charge in [-0.15, -0.1) is 0 Å². The molecule has 2 aromatic rings. The molecular formula is C13H12N2O4. The van der Waals surface area contributed by atoms with Gasteiger partial charge in [-0.25, -0.2) is 4.79 Å². The lowest BCUT2D eigenvalue weighted by atomic mass is 10.1. The fourth-order valence-corrected chi connectivity index (χ4v) is 1.82. The lowest BCUT2D eigenvalue weighted by Gasteiger charge is -1.97. The Balaban J connectivity index is 2.55. The first kappa shape index (κ1) is 12.8. The first-order valence-electron chi connectivity index (χ1n) is 5.55. The highest BCUT2D eigenvalue weighted by Gasteiger charge is 2.23. The highest BCUT2D eigenvalue weighted by Crippen LogP contribution is 2.22. The number of aryl methyl sites for hydroxylation is 1. The minimum atomic E-state index is -0.966. The minimum Gasteiger partial charge on any atom is -0.461 e. The number of nitro groups is 1. The molecule has 0 amide bonds. The predicted molar refractivity (Wildman–Crippen MR) is 70.0 cm³/mol. The lowest BCUT2D eigenvalue weighted by Crippen LogP contribution is -2.12. The third-order valence-corrected chi connectivity index (χ3v) is 2.75. The molecule has 0 fully saturated rings. The topological polar surface area (TPSA) is 85.2 Å². The maximum absolute atomic E-state index is 11.3.